The number of amides is 1. The molecule has 0 bridgehead atoms. The molecule has 0 unspecified atom stereocenters. The first-order valence-electron chi connectivity index (χ1n) is 8.27. The number of likely N-dealkylation sites (tertiary alicyclic amines) is 1. The standard InChI is InChI=1S/C18H21N3O3/c1-20-9-4-5-15(20)17(22)21-10-7-18(13-21)11-14(12-23-18)24-16-6-2-3-8-19-16/h2-6,8-9,14H,7,10-13H2,1H3/t14-,18-/m0/s1. The molecular formula is C18H21N3O3. The number of rotatable bonds is 3. The first-order valence-corrected chi connectivity index (χ1v) is 8.27. The van der Waals surface area contributed by atoms with Crippen LogP contribution in [0.1, 0.15) is 23.3 Å². The van der Waals surface area contributed by atoms with Crippen LogP contribution in [-0.4, -0.2) is 51.8 Å². The van der Waals surface area contributed by atoms with Gasteiger partial charge in [0.05, 0.1) is 18.8 Å². The summed E-state index contributed by atoms with van der Waals surface area (Å²) in [6.45, 7) is 1.89. The van der Waals surface area contributed by atoms with E-state index in [4.69, 9.17) is 9.47 Å². The lowest BCUT2D eigenvalue weighted by molar-refractivity contribution is 0.00976. The van der Waals surface area contributed by atoms with Crippen molar-refractivity contribution in [3.63, 3.8) is 0 Å². The van der Waals surface area contributed by atoms with Crippen LogP contribution in [0, 0.1) is 0 Å². The molecular weight excluding hydrogens is 306 g/mol. The predicted octanol–water partition coefficient (Wildman–Crippen LogP) is 1.87. The van der Waals surface area contributed by atoms with Crippen molar-refractivity contribution < 1.29 is 14.3 Å². The summed E-state index contributed by atoms with van der Waals surface area (Å²) in [5.41, 5.74) is 0.437. The van der Waals surface area contributed by atoms with E-state index in [1.807, 2.05) is 53.0 Å². The van der Waals surface area contributed by atoms with Gasteiger partial charge < -0.3 is 18.9 Å². The molecule has 2 fully saturated rings. The minimum absolute atomic E-state index is 0.00927. The smallest absolute Gasteiger partial charge is 0.270 e. The second-order valence-corrected chi connectivity index (χ2v) is 6.59. The molecule has 0 aromatic carbocycles. The molecule has 0 N–H and O–H groups in total. The van der Waals surface area contributed by atoms with Gasteiger partial charge >= 0.3 is 0 Å². The number of aromatic nitrogens is 2. The fourth-order valence-electron chi connectivity index (χ4n) is 3.61. The van der Waals surface area contributed by atoms with E-state index in [-0.39, 0.29) is 17.6 Å². The lowest BCUT2D eigenvalue weighted by Gasteiger charge is -2.23. The Morgan fingerprint density at radius 3 is 3.04 bits per heavy atom. The van der Waals surface area contributed by atoms with Crippen molar-refractivity contribution in [3.05, 3.63) is 48.4 Å². The van der Waals surface area contributed by atoms with Gasteiger partial charge in [0.15, 0.2) is 0 Å². The Morgan fingerprint density at radius 2 is 2.29 bits per heavy atom. The molecule has 2 aliphatic rings. The molecule has 2 saturated heterocycles. The molecule has 24 heavy (non-hydrogen) atoms. The number of aryl methyl sites for hydroxylation is 1. The summed E-state index contributed by atoms with van der Waals surface area (Å²) in [7, 11) is 1.89. The van der Waals surface area contributed by atoms with Crippen molar-refractivity contribution in [2.45, 2.75) is 24.5 Å². The van der Waals surface area contributed by atoms with Gasteiger partial charge in [-0.15, -0.1) is 0 Å². The summed E-state index contributed by atoms with van der Waals surface area (Å²) in [6, 6.07) is 9.37. The van der Waals surface area contributed by atoms with Gasteiger partial charge in [0.25, 0.3) is 5.91 Å². The summed E-state index contributed by atoms with van der Waals surface area (Å²) in [5, 5.41) is 0. The molecule has 1 amide bonds. The Balaban J connectivity index is 1.40. The quantitative estimate of drug-likeness (QED) is 0.864. The lowest BCUT2D eigenvalue weighted by Crippen LogP contribution is -2.36. The zero-order chi connectivity index (χ0) is 16.6. The number of carbonyl (C=O) groups is 1. The average Bonchev–Trinajstić information content (AvgIpc) is 3.30. The maximum Gasteiger partial charge on any atom is 0.270 e. The van der Waals surface area contributed by atoms with E-state index in [1.165, 1.54) is 0 Å². The van der Waals surface area contributed by atoms with Crippen LogP contribution in [0.25, 0.3) is 0 Å². The molecule has 4 heterocycles. The van der Waals surface area contributed by atoms with Crippen LogP contribution >= 0.6 is 0 Å². The molecule has 4 rings (SSSR count). The largest absolute Gasteiger partial charge is 0.472 e. The lowest BCUT2D eigenvalue weighted by atomic mass is 9.98. The number of hydrogen-bond donors (Lipinski definition) is 0. The van der Waals surface area contributed by atoms with Crippen LogP contribution < -0.4 is 4.74 Å². The summed E-state index contributed by atoms with van der Waals surface area (Å²) in [6.07, 6.45) is 5.25. The van der Waals surface area contributed by atoms with Crippen molar-refractivity contribution in [2.24, 2.45) is 7.05 Å². The maximum atomic E-state index is 12.6. The molecule has 0 saturated carbocycles. The first-order chi connectivity index (χ1) is 11.7. The highest BCUT2D eigenvalue weighted by Gasteiger charge is 2.47. The minimum Gasteiger partial charge on any atom is -0.472 e. The van der Waals surface area contributed by atoms with Crippen LogP contribution in [0.15, 0.2) is 42.7 Å². The van der Waals surface area contributed by atoms with Crippen LogP contribution in [-0.2, 0) is 11.8 Å². The van der Waals surface area contributed by atoms with Crippen molar-refractivity contribution in [1.82, 2.24) is 14.5 Å². The van der Waals surface area contributed by atoms with E-state index in [2.05, 4.69) is 4.98 Å². The summed E-state index contributed by atoms with van der Waals surface area (Å²) < 4.78 is 13.8. The molecule has 0 radical (unpaired) electrons. The van der Waals surface area contributed by atoms with E-state index in [9.17, 15) is 4.79 Å². The Morgan fingerprint density at radius 1 is 1.38 bits per heavy atom. The van der Waals surface area contributed by atoms with E-state index >= 15 is 0 Å². The Hall–Kier alpha value is -2.34. The van der Waals surface area contributed by atoms with E-state index in [0.717, 1.165) is 19.4 Å². The average molecular weight is 327 g/mol. The summed E-state index contributed by atoms with van der Waals surface area (Å²) in [4.78, 5) is 18.7. The topological polar surface area (TPSA) is 56.6 Å². The van der Waals surface area contributed by atoms with Crippen LogP contribution in [0.3, 0.4) is 0 Å². The van der Waals surface area contributed by atoms with Gasteiger partial charge in [0.2, 0.25) is 5.88 Å². The molecule has 2 aromatic heterocycles. The van der Waals surface area contributed by atoms with Gasteiger partial charge in [-0.2, -0.15) is 0 Å². The number of ether oxygens (including phenoxy) is 2. The molecule has 6 heteroatoms. The molecule has 0 aliphatic carbocycles. The third kappa shape index (κ3) is 2.78. The summed E-state index contributed by atoms with van der Waals surface area (Å²) >= 11 is 0. The van der Waals surface area contributed by atoms with Gasteiger partial charge in [0.1, 0.15) is 11.8 Å². The van der Waals surface area contributed by atoms with Crippen molar-refractivity contribution in [2.75, 3.05) is 19.7 Å². The zero-order valence-electron chi connectivity index (χ0n) is 13.7. The van der Waals surface area contributed by atoms with Gasteiger partial charge in [-0.3, -0.25) is 4.79 Å². The summed E-state index contributed by atoms with van der Waals surface area (Å²) in [5.74, 6) is 0.690. The van der Waals surface area contributed by atoms with E-state index in [1.54, 1.807) is 6.20 Å². The van der Waals surface area contributed by atoms with Gasteiger partial charge in [-0.1, -0.05) is 6.07 Å². The number of pyridine rings is 1. The maximum absolute atomic E-state index is 12.6. The number of carbonyl (C=O) groups excluding carboxylic acids is 1. The Labute approximate surface area is 141 Å². The highest BCUT2D eigenvalue weighted by molar-refractivity contribution is 5.93. The number of nitrogens with zero attached hydrogens (tertiary/aromatic N) is 3. The second kappa shape index (κ2) is 5.94. The molecule has 2 aliphatic heterocycles. The normalized spacial score (nSPS) is 26.2. The minimum atomic E-state index is -0.278. The number of hydrogen-bond acceptors (Lipinski definition) is 4. The predicted molar refractivity (Wildman–Crippen MR) is 87.9 cm³/mol. The fraction of sp³-hybridized carbons (Fsp3) is 0.444. The van der Waals surface area contributed by atoms with E-state index < -0.39 is 0 Å². The molecule has 6 nitrogen and oxygen atoms in total. The van der Waals surface area contributed by atoms with Gasteiger partial charge in [-0.25, -0.2) is 4.98 Å². The van der Waals surface area contributed by atoms with Crippen molar-refractivity contribution in [1.29, 1.82) is 0 Å². The highest BCUT2D eigenvalue weighted by Crippen LogP contribution is 2.36. The molecule has 2 atom stereocenters. The van der Waals surface area contributed by atoms with Crippen molar-refractivity contribution >= 4 is 5.91 Å². The third-order valence-electron chi connectivity index (χ3n) is 4.87. The second-order valence-electron chi connectivity index (χ2n) is 6.59. The SMILES string of the molecule is Cn1cccc1C(=O)N1CC[C@]2(C[C@H](Oc3ccccn3)CO2)C1. The third-order valence-corrected chi connectivity index (χ3v) is 4.87. The zero-order valence-corrected chi connectivity index (χ0v) is 13.7. The van der Waals surface area contributed by atoms with Crippen molar-refractivity contribution in [3.8, 4) is 5.88 Å². The molecule has 2 aromatic rings. The monoisotopic (exact) mass is 327 g/mol. The fourth-order valence-corrected chi connectivity index (χ4v) is 3.61. The first kappa shape index (κ1) is 15.2. The Kier molecular flexibility index (Phi) is 3.76. The van der Waals surface area contributed by atoms with E-state index in [0.29, 0.717) is 24.7 Å². The highest BCUT2D eigenvalue weighted by atomic mass is 16.6. The van der Waals surface area contributed by atoms with Gasteiger partial charge in [-0.05, 0) is 24.6 Å². The molecule has 1 spiro atoms. The van der Waals surface area contributed by atoms with Crippen LogP contribution in [0.2, 0.25) is 0 Å². The van der Waals surface area contributed by atoms with Gasteiger partial charge in [0, 0.05) is 38.5 Å². The molecule has 126 valence electrons. The van der Waals surface area contributed by atoms with Crippen LogP contribution in [0.4, 0.5) is 0 Å². The van der Waals surface area contributed by atoms with Crippen LogP contribution in [0.5, 0.6) is 5.88 Å². The Bertz CT molecular complexity index is 730.